The Morgan fingerprint density at radius 3 is 1.42 bits per heavy atom. The summed E-state index contributed by atoms with van der Waals surface area (Å²) in [5.74, 6) is 1.88. The molecule has 0 saturated heterocycles. The van der Waals surface area contributed by atoms with E-state index < -0.39 is 5.97 Å². The molecule has 4 aromatic rings. The molecule has 13 nitrogen and oxygen atoms in total. The Hall–Kier alpha value is -5.40. The van der Waals surface area contributed by atoms with E-state index in [4.69, 9.17) is 29.2 Å². The van der Waals surface area contributed by atoms with E-state index >= 15 is 0 Å². The van der Waals surface area contributed by atoms with Crippen LogP contribution in [0.5, 0.6) is 17.2 Å². The van der Waals surface area contributed by atoms with Crippen molar-refractivity contribution in [1.82, 2.24) is 15.0 Å². The number of aromatic nitrogens is 3. The van der Waals surface area contributed by atoms with Gasteiger partial charge in [-0.25, -0.2) is 4.79 Å². The first kappa shape index (κ1) is 30.6. The number of ether oxygens (including phenoxy) is 4. The molecule has 0 aliphatic carbocycles. The molecule has 1 aromatic heterocycles. The fourth-order valence-electron chi connectivity index (χ4n) is 3.61. The van der Waals surface area contributed by atoms with Gasteiger partial charge in [0.2, 0.25) is 17.8 Å². The number of carbonyl (C=O) groups is 1. The number of hydrogen-bond acceptors (Lipinski definition) is 13. The third-order valence-corrected chi connectivity index (χ3v) is 5.39. The molecule has 5 N–H and O–H groups in total. The van der Waals surface area contributed by atoms with Crippen LogP contribution in [-0.4, -0.2) is 70.8 Å². The van der Waals surface area contributed by atoms with Crippen LogP contribution < -0.4 is 30.2 Å². The molecule has 1 heterocycles. The third-order valence-electron chi connectivity index (χ3n) is 5.39. The van der Waals surface area contributed by atoms with Crippen LogP contribution in [0.2, 0.25) is 0 Å². The molecule has 43 heavy (non-hydrogen) atoms. The fourth-order valence-corrected chi connectivity index (χ4v) is 3.61. The molecule has 0 amide bonds. The summed E-state index contributed by atoms with van der Waals surface area (Å²) in [5, 5.41) is 27.6. The molecule has 0 unspecified atom stereocenters. The lowest BCUT2D eigenvalue weighted by molar-refractivity contribution is -0.138. The first-order valence-corrected chi connectivity index (χ1v) is 13.3. The summed E-state index contributed by atoms with van der Waals surface area (Å²) in [6.07, 6.45) is 1.09. The van der Waals surface area contributed by atoms with Gasteiger partial charge in [0.05, 0.1) is 13.2 Å². The van der Waals surface area contributed by atoms with Gasteiger partial charge < -0.3 is 45.1 Å². The van der Waals surface area contributed by atoms with Gasteiger partial charge in [0, 0.05) is 41.3 Å². The summed E-state index contributed by atoms with van der Waals surface area (Å²) in [6, 6.07) is 21.5. The molecule has 224 valence electrons. The van der Waals surface area contributed by atoms with E-state index in [1.807, 2.05) is 18.2 Å². The highest BCUT2D eigenvalue weighted by Gasteiger charge is 2.10. The Morgan fingerprint density at radius 2 is 1.05 bits per heavy atom. The summed E-state index contributed by atoms with van der Waals surface area (Å²) in [4.78, 5) is 24.8. The molecule has 0 atom stereocenters. The zero-order chi connectivity index (χ0) is 30.3. The highest BCUT2D eigenvalue weighted by molar-refractivity contribution is 5.81. The van der Waals surface area contributed by atoms with Gasteiger partial charge in [-0.1, -0.05) is 24.8 Å². The minimum absolute atomic E-state index is 0.0819. The van der Waals surface area contributed by atoms with E-state index in [0.29, 0.717) is 34.3 Å². The van der Waals surface area contributed by atoms with Crippen molar-refractivity contribution < 1.29 is 34.0 Å². The average molecular weight is 589 g/mol. The van der Waals surface area contributed by atoms with Crippen LogP contribution >= 0.6 is 0 Å². The lowest BCUT2D eigenvalue weighted by atomic mass is 10.3. The monoisotopic (exact) mass is 588 g/mol. The largest absolute Gasteiger partial charge is 0.491 e. The molecule has 0 spiro atoms. The Kier molecular flexibility index (Phi) is 11.5. The topological polar surface area (TPSA) is 169 Å². The minimum Gasteiger partial charge on any atom is -0.491 e. The van der Waals surface area contributed by atoms with Crippen LogP contribution in [0.15, 0.2) is 85.5 Å². The molecule has 4 rings (SSSR count). The van der Waals surface area contributed by atoms with Crippen LogP contribution in [0.25, 0.3) is 0 Å². The van der Waals surface area contributed by atoms with Crippen molar-refractivity contribution >= 4 is 40.9 Å². The first-order chi connectivity index (χ1) is 21.0. The van der Waals surface area contributed by atoms with Crippen LogP contribution in [-0.2, 0) is 9.53 Å². The number of nitrogens with one attached hydrogen (secondary N) is 3. The van der Waals surface area contributed by atoms with Crippen molar-refractivity contribution in [3.8, 4) is 17.2 Å². The van der Waals surface area contributed by atoms with E-state index in [0.717, 1.165) is 6.08 Å². The Morgan fingerprint density at radius 1 is 0.651 bits per heavy atom. The molecular weight excluding hydrogens is 556 g/mol. The highest BCUT2D eigenvalue weighted by Crippen LogP contribution is 2.26. The molecule has 13 heteroatoms. The normalized spacial score (nSPS) is 10.4. The summed E-state index contributed by atoms with van der Waals surface area (Å²) >= 11 is 0. The van der Waals surface area contributed by atoms with Crippen molar-refractivity contribution in [1.29, 1.82) is 0 Å². The lowest BCUT2D eigenvalue weighted by Crippen LogP contribution is -2.10. The number of aliphatic hydroxyl groups excluding tert-OH is 2. The zero-order valence-corrected chi connectivity index (χ0v) is 23.2. The summed E-state index contributed by atoms with van der Waals surface area (Å²) in [5.41, 5.74) is 1.96. The van der Waals surface area contributed by atoms with Gasteiger partial charge in [-0.3, -0.25) is 0 Å². The molecule has 0 saturated carbocycles. The first-order valence-electron chi connectivity index (χ1n) is 13.3. The third kappa shape index (κ3) is 10.2. The molecule has 0 aliphatic heterocycles. The Bertz CT molecular complexity index is 1430. The average Bonchev–Trinajstić information content (AvgIpc) is 3.01. The van der Waals surface area contributed by atoms with Crippen molar-refractivity contribution in [3.63, 3.8) is 0 Å². The SMILES string of the molecule is C=CC(=O)OCCOc1cccc(Nc2nc(Nc3cccc(OCCO)c3)nc(Nc3cccc(OCCO)c3)n2)c1. The van der Waals surface area contributed by atoms with E-state index in [-0.39, 0.29) is 57.5 Å². The number of carbonyl (C=O) groups excluding carboxylic acids is 1. The summed E-state index contributed by atoms with van der Waals surface area (Å²) in [6.45, 7) is 3.74. The van der Waals surface area contributed by atoms with Gasteiger partial charge in [-0.15, -0.1) is 0 Å². The van der Waals surface area contributed by atoms with Gasteiger partial charge in [0.25, 0.3) is 0 Å². The van der Waals surface area contributed by atoms with Gasteiger partial charge in [-0.05, 0) is 36.4 Å². The van der Waals surface area contributed by atoms with Crippen molar-refractivity contribution in [2.75, 3.05) is 55.6 Å². The van der Waals surface area contributed by atoms with E-state index in [1.54, 1.807) is 54.6 Å². The van der Waals surface area contributed by atoms with Gasteiger partial charge in [0.1, 0.15) is 43.7 Å². The van der Waals surface area contributed by atoms with Gasteiger partial charge >= 0.3 is 5.97 Å². The number of hydrogen-bond donors (Lipinski definition) is 5. The highest BCUT2D eigenvalue weighted by atomic mass is 16.6. The second-order valence-corrected chi connectivity index (χ2v) is 8.63. The molecule has 3 aromatic carbocycles. The predicted octanol–water partition coefficient (Wildman–Crippen LogP) is 3.95. The maximum atomic E-state index is 11.2. The van der Waals surface area contributed by atoms with Crippen LogP contribution in [0.3, 0.4) is 0 Å². The number of esters is 1. The van der Waals surface area contributed by atoms with E-state index in [2.05, 4.69) is 37.5 Å². The van der Waals surface area contributed by atoms with Gasteiger partial charge in [-0.2, -0.15) is 15.0 Å². The summed E-state index contributed by atoms with van der Waals surface area (Å²) < 4.78 is 21.6. The summed E-state index contributed by atoms with van der Waals surface area (Å²) in [7, 11) is 0. The second kappa shape index (κ2) is 16.1. The maximum absolute atomic E-state index is 11.2. The van der Waals surface area contributed by atoms with Crippen molar-refractivity contribution in [2.24, 2.45) is 0 Å². The standard InChI is InChI=1S/C30H32N6O7/c1-2-27(39)43-17-16-42-26-11-5-8-23(20-26)33-30-35-28(31-21-6-3-9-24(18-21)40-14-12-37)34-29(36-30)32-22-7-4-10-25(19-22)41-15-13-38/h2-11,18-20,37-38H,1,12-17H2,(H3,31,32,33,34,35,36). The molecule has 0 fully saturated rings. The predicted molar refractivity (Wildman–Crippen MR) is 161 cm³/mol. The number of nitrogens with zero attached hydrogens (tertiary/aromatic N) is 3. The second-order valence-electron chi connectivity index (χ2n) is 8.63. The van der Waals surface area contributed by atoms with Gasteiger partial charge in [0.15, 0.2) is 0 Å². The van der Waals surface area contributed by atoms with Crippen molar-refractivity contribution in [2.45, 2.75) is 0 Å². The smallest absolute Gasteiger partial charge is 0.330 e. The van der Waals surface area contributed by atoms with Crippen molar-refractivity contribution in [3.05, 3.63) is 85.5 Å². The quantitative estimate of drug-likeness (QED) is 0.0683. The van der Waals surface area contributed by atoms with E-state index in [1.165, 1.54) is 0 Å². The molecule has 0 radical (unpaired) electrons. The van der Waals surface area contributed by atoms with Crippen LogP contribution in [0.4, 0.5) is 34.9 Å². The fraction of sp³-hybridized carbons (Fsp3) is 0.200. The minimum atomic E-state index is -0.517. The number of benzene rings is 3. The lowest BCUT2D eigenvalue weighted by Gasteiger charge is -2.13. The number of rotatable bonds is 17. The Labute approximate surface area is 248 Å². The molecule has 0 aliphatic rings. The van der Waals surface area contributed by atoms with E-state index in [9.17, 15) is 4.79 Å². The van der Waals surface area contributed by atoms with Crippen LogP contribution in [0, 0.1) is 0 Å². The Balaban J connectivity index is 1.55. The molecule has 0 bridgehead atoms. The maximum Gasteiger partial charge on any atom is 0.330 e. The molecular formula is C30H32N6O7. The zero-order valence-electron chi connectivity index (χ0n) is 23.2. The van der Waals surface area contributed by atoms with Crippen LogP contribution in [0.1, 0.15) is 0 Å². The number of aliphatic hydroxyl groups is 2. The number of anilines is 6.